The summed E-state index contributed by atoms with van der Waals surface area (Å²) in [6, 6.07) is 13.1. The minimum Gasteiger partial charge on any atom is -0.493 e. The van der Waals surface area contributed by atoms with Crippen LogP contribution in [-0.2, 0) is 22.6 Å². The highest BCUT2D eigenvalue weighted by Crippen LogP contribution is 2.33. The van der Waals surface area contributed by atoms with Crippen molar-refractivity contribution in [3.63, 3.8) is 0 Å². The van der Waals surface area contributed by atoms with Gasteiger partial charge in [0, 0.05) is 35.7 Å². The fourth-order valence-electron chi connectivity index (χ4n) is 3.88. The van der Waals surface area contributed by atoms with E-state index in [9.17, 15) is 14.4 Å². The van der Waals surface area contributed by atoms with Crippen molar-refractivity contribution < 1.29 is 29.0 Å². The van der Waals surface area contributed by atoms with Gasteiger partial charge in [-0.05, 0) is 56.4 Å². The zero-order chi connectivity index (χ0) is 22.5. The van der Waals surface area contributed by atoms with Crippen molar-refractivity contribution in [2.24, 2.45) is 0 Å². The average Bonchev–Trinajstić information content (AvgIpc) is 3.54. The summed E-state index contributed by atoms with van der Waals surface area (Å²) in [6.45, 7) is 0.956. The summed E-state index contributed by atoms with van der Waals surface area (Å²) in [5.41, 5.74) is 2.26. The molecule has 0 atom stereocenters. The molecule has 0 aromatic heterocycles. The maximum Gasteiger partial charge on any atom is 0.315 e. The zero-order valence-electron chi connectivity index (χ0n) is 17.9. The van der Waals surface area contributed by atoms with Gasteiger partial charge in [-0.2, -0.15) is 0 Å². The highest BCUT2D eigenvalue weighted by Gasteiger charge is 2.34. The number of rotatable bonds is 11. The van der Waals surface area contributed by atoms with E-state index in [1.54, 1.807) is 18.2 Å². The molecule has 168 valence electrons. The van der Waals surface area contributed by atoms with E-state index in [4.69, 9.17) is 14.6 Å². The lowest BCUT2D eigenvalue weighted by atomic mass is 10.1. The maximum absolute atomic E-state index is 13.3. The first-order valence-corrected chi connectivity index (χ1v) is 11.1. The average molecular weight is 437 g/mol. The molecule has 0 spiro atoms. The molecule has 7 heteroatoms. The third-order valence-corrected chi connectivity index (χ3v) is 5.72. The first kappa shape index (κ1) is 21.9. The summed E-state index contributed by atoms with van der Waals surface area (Å²) in [6.07, 6.45) is 4.55. The van der Waals surface area contributed by atoms with Gasteiger partial charge in [0.2, 0.25) is 0 Å². The van der Waals surface area contributed by atoms with Gasteiger partial charge >= 0.3 is 11.9 Å². The molecule has 1 N–H and O–H groups in total. The molecule has 2 aliphatic rings. The van der Waals surface area contributed by atoms with Crippen LogP contribution in [0.5, 0.6) is 11.5 Å². The molecule has 4 rings (SSSR count). The van der Waals surface area contributed by atoms with Crippen LogP contribution in [0.1, 0.15) is 60.0 Å². The van der Waals surface area contributed by atoms with Crippen LogP contribution in [0.3, 0.4) is 0 Å². The summed E-state index contributed by atoms with van der Waals surface area (Å²) in [5.74, 6) is 0.156. The van der Waals surface area contributed by atoms with Crippen LogP contribution >= 0.6 is 0 Å². The number of nitrogens with zero attached hydrogens (tertiary/aromatic N) is 1. The molecule has 1 heterocycles. The van der Waals surface area contributed by atoms with Crippen LogP contribution < -0.4 is 9.47 Å². The van der Waals surface area contributed by atoms with Gasteiger partial charge in [0.05, 0.1) is 13.0 Å². The lowest BCUT2D eigenvalue weighted by Crippen LogP contribution is -2.32. The standard InChI is InChI=1S/C25H27NO6/c27-23(28)8-2-1-5-13-31-21-7-4-3-6-18(21)16-26(20-10-11-20)25(30)17-9-12-22-19(14-17)15-24(29)32-22/h3-4,6-7,9,12,14,20H,1-2,5,8,10-11,13,15-16H2,(H,27,28). The number of fused-ring (bicyclic) bond motifs is 1. The summed E-state index contributed by atoms with van der Waals surface area (Å²) in [5, 5.41) is 8.72. The Bertz CT molecular complexity index is 1010. The number of hydrogen-bond acceptors (Lipinski definition) is 5. The first-order chi connectivity index (χ1) is 15.5. The summed E-state index contributed by atoms with van der Waals surface area (Å²) < 4.78 is 11.1. The number of amides is 1. The molecule has 0 bridgehead atoms. The summed E-state index contributed by atoms with van der Waals surface area (Å²) in [4.78, 5) is 37.3. The lowest BCUT2D eigenvalue weighted by molar-refractivity contribution is -0.137. The van der Waals surface area contributed by atoms with Gasteiger partial charge in [0.1, 0.15) is 11.5 Å². The van der Waals surface area contributed by atoms with Gasteiger partial charge in [-0.3, -0.25) is 14.4 Å². The highest BCUT2D eigenvalue weighted by atomic mass is 16.5. The number of benzene rings is 2. The lowest BCUT2D eigenvalue weighted by Gasteiger charge is -2.24. The number of para-hydroxylation sites is 1. The third-order valence-electron chi connectivity index (χ3n) is 5.72. The zero-order valence-corrected chi connectivity index (χ0v) is 17.9. The predicted octanol–water partition coefficient (Wildman–Crippen LogP) is 3.98. The number of carboxylic acid groups (broad SMARTS) is 1. The number of aliphatic carboxylic acids is 1. The van der Waals surface area contributed by atoms with E-state index in [0.29, 0.717) is 30.9 Å². The van der Waals surface area contributed by atoms with Crippen molar-refractivity contribution >= 4 is 17.8 Å². The molecular formula is C25H27NO6. The Kier molecular flexibility index (Phi) is 6.73. The Morgan fingerprint density at radius 3 is 2.69 bits per heavy atom. The van der Waals surface area contributed by atoms with Crippen molar-refractivity contribution in [1.82, 2.24) is 4.90 Å². The predicted molar refractivity (Wildman–Crippen MR) is 117 cm³/mol. The number of carbonyl (C=O) groups is 3. The van der Waals surface area contributed by atoms with Crippen LogP contribution in [-0.4, -0.2) is 40.5 Å². The van der Waals surface area contributed by atoms with Crippen LogP contribution in [0.4, 0.5) is 0 Å². The number of carboxylic acids is 1. The quantitative estimate of drug-likeness (QED) is 0.325. The molecule has 2 aromatic carbocycles. The molecule has 0 unspecified atom stereocenters. The van der Waals surface area contributed by atoms with Crippen LogP contribution in [0.15, 0.2) is 42.5 Å². The Morgan fingerprint density at radius 1 is 1.09 bits per heavy atom. The van der Waals surface area contributed by atoms with Crippen LogP contribution in [0.2, 0.25) is 0 Å². The number of unbranched alkanes of at least 4 members (excludes halogenated alkanes) is 2. The minimum atomic E-state index is -0.774. The smallest absolute Gasteiger partial charge is 0.315 e. The van der Waals surface area contributed by atoms with Gasteiger partial charge in [-0.15, -0.1) is 0 Å². The van der Waals surface area contributed by atoms with E-state index in [0.717, 1.165) is 42.6 Å². The van der Waals surface area contributed by atoms with Crippen LogP contribution in [0.25, 0.3) is 0 Å². The van der Waals surface area contributed by atoms with Gasteiger partial charge in [-0.1, -0.05) is 18.2 Å². The largest absolute Gasteiger partial charge is 0.493 e. The van der Waals surface area contributed by atoms with E-state index in [2.05, 4.69) is 0 Å². The number of esters is 1. The van der Waals surface area contributed by atoms with E-state index in [1.165, 1.54) is 0 Å². The molecule has 1 aliphatic heterocycles. The van der Waals surface area contributed by atoms with Gasteiger partial charge < -0.3 is 19.5 Å². The van der Waals surface area contributed by atoms with E-state index in [1.807, 2.05) is 29.2 Å². The molecule has 0 saturated heterocycles. The maximum atomic E-state index is 13.3. The Morgan fingerprint density at radius 2 is 1.91 bits per heavy atom. The summed E-state index contributed by atoms with van der Waals surface area (Å²) >= 11 is 0. The SMILES string of the molecule is O=C(O)CCCCCOc1ccccc1CN(C(=O)c1ccc2c(c1)CC(=O)O2)C1CC1. The Hall–Kier alpha value is -3.35. The molecular weight excluding hydrogens is 410 g/mol. The third kappa shape index (κ3) is 5.46. The monoisotopic (exact) mass is 437 g/mol. The second kappa shape index (κ2) is 9.85. The second-order valence-electron chi connectivity index (χ2n) is 8.30. The molecule has 1 saturated carbocycles. The molecule has 2 aromatic rings. The van der Waals surface area contributed by atoms with Gasteiger partial charge in [0.25, 0.3) is 5.91 Å². The van der Waals surface area contributed by atoms with Crippen LogP contribution in [0, 0.1) is 0 Å². The molecule has 0 radical (unpaired) electrons. The normalized spacial score (nSPS) is 14.6. The fraction of sp³-hybridized carbons (Fsp3) is 0.400. The summed E-state index contributed by atoms with van der Waals surface area (Å²) in [7, 11) is 0. The van der Waals surface area contributed by atoms with E-state index >= 15 is 0 Å². The minimum absolute atomic E-state index is 0.0573. The fourth-order valence-corrected chi connectivity index (χ4v) is 3.88. The first-order valence-electron chi connectivity index (χ1n) is 11.1. The molecule has 1 aliphatic carbocycles. The second-order valence-corrected chi connectivity index (χ2v) is 8.30. The van der Waals surface area contributed by atoms with E-state index in [-0.39, 0.29) is 30.8 Å². The molecule has 7 nitrogen and oxygen atoms in total. The topological polar surface area (TPSA) is 93.1 Å². The van der Waals surface area contributed by atoms with Gasteiger partial charge in [-0.25, -0.2) is 0 Å². The Balaban J connectivity index is 1.41. The Labute approximate surface area is 186 Å². The highest BCUT2D eigenvalue weighted by molar-refractivity contribution is 5.96. The number of carbonyl (C=O) groups excluding carboxylic acids is 2. The van der Waals surface area contributed by atoms with Gasteiger partial charge in [0.15, 0.2) is 0 Å². The van der Waals surface area contributed by atoms with Crippen molar-refractivity contribution in [2.75, 3.05) is 6.61 Å². The number of hydrogen-bond donors (Lipinski definition) is 1. The van der Waals surface area contributed by atoms with Crippen molar-refractivity contribution in [3.8, 4) is 11.5 Å². The van der Waals surface area contributed by atoms with Crippen molar-refractivity contribution in [1.29, 1.82) is 0 Å². The van der Waals surface area contributed by atoms with Crippen molar-refractivity contribution in [3.05, 3.63) is 59.2 Å². The van der Waals surface area contributed by atoms with Crippen molar-refractivity contribution in [2.45, 2.75) is 57.5 Å². The molecule has 1 fully saturated rings. The number of ether oxygens (including phenoxy) is 2. The van der Waals surface area contributed by atoms with E-state index < -0.39 is 5.97 Å². The molecule has 32 heavy (non-hydrogen) atoms. The molecule has 1 amide bonds.